The van der Waals surface area contributed by atoms with Gasteiger partial charge in [0.1, 0.15) is 50.6 Å². The Bertz CT molecular complexity index is 2110. The summed E-state index contributed by atoms with van der Waals surface area (Å²) in [4.78, 5) is 4.77. The van der Waals surface area contributed by atoms with Crippen LogP contribution in [0.2, 0.25) is 0 Å². The molecule has 2 heterocycles. The summed E-state index contributed by atoms with van der Waals surface area (Å²) in [6.45, 7) is 34.3. The van der Waals surface area contributed by atoms with Crippen molar-refractivity contribution >= 4 is 66.5 Å². The maximum atomic E-state index is 9.75. The minimum Gasteiger partial charge on any atom is -0.418 e. The molecule has 0 spiro atoms. The fourth-order valence-corrected chi connectivity index (χ4v) is 13.8. The lowest BCUT2D eigenvalue weighted by Crippen LogP contribution is -2.56. The fourth-order valence-electron chi connectivity index (χ4n) is 8.91. The Balaban J connectivity index is 0.000000320. The van der Waals surface area contributed by atoms with E-state index in [-0.39, 0.29) is 0 Å². The monoisotopic (exact) mass is 1060 g/mol. The van der Waals surface area contributed by atoms with Gasteiger partial charge in [-0.2, -0.15) is 0 Å². The molecule has 0 saturated heterocycles. The molecule has 22 heteroatoms. The largest absolute Gasteiger partial charge is 0.673 e. The molecule has 10 nitrogen and oxygen atoms in total. The van der Waals surface area contributed by atoms with Crippen LogP contribution in [-0.4, -0.2) is 120 Å². The quantitative estimate of drug-likeness (QED) is 0.0493. The number of rotatable bonds is 20. The first kappa shape index (κ1) is 61.9. The number of hydrogen-bond donors (Lipinski definition) is 0. The Labute approximate surface area is 424 Å². The van der Waals surface area contributed by atoms with E-state index < -0.39 is 32.1 Å². The Morgan fingerprint density at radius 2 is 0.667 bits per heavy atom. The van der Waals surface area contributed by atoms with E-state index in [1.807, 2.05) is 41.5 Å². The zero-order valence-corrected chi connectivity index (χ0v) is 46.0. The van der Waals surface area contributed by atoms with Crippen LogP contribution in [0, 0.1) is 41.5 Å². The third-order valence-corrected chi connectivity index (χ3v) is 17.2. The van der Waals surface area contributed by atoms with Gasteiger partial charge < -0.3 is 61.1 Å². The number of anilines is 2. The Morgan fingerprint density at radius 1 is 0.431 bits per heavy atom. The summed E-state index contributed by atoms with van der Waals surface area (Å²) in [5.74, 6) is 0. The van der Waals surface area contributed by atoms with Crippen LogP contribution in [0.1, 0.15) is 86.1 Å². The molecule has 400 valence electrons. The van der Waals surface area contributed by atoms with Gasteiger partial charge in [0.2, 0.25) is 12.7 Å². The molecule has 72 heavy (non-hydrogen) atoms. The molecule has 6 rings (SSSR count). The van der Waals surface area contributed by atoms with Gasteiger partial charge in [-0.1, -0.05) is 83.9 Å². The molecule has 0 fully saturated rings. The van der Waals surface area contributed by atoms with Crippen LogP contribution in [0.3, 0.4) is 0 Å². The van der Waals surface area contributed by atoms with E-state index in [0.29, 0.717) is 39.6 Å². The van der Waals surface area contributed by atoms with Gasteiger partial charge in [-0.05, 0) is 116 Å². The molecule has 2 aliphatic rings. The van der Waals surface area contributed by atoms with Gasteiger partial charge in [0.25, 0.3) is 0 Å². The smallest absolute Gasteiger partial charge is 0.418 e. The average molecular weight is 1060 g/mol. The molecule has 0 unspecified atom stereocenters. The van der Waals surface area contributed by atoms with E-state index in [1.54, 1.807) is 0 Å². The SMILES string of the molecule is CCO[Si](OCC)(OCC)c1ccc(C[N+]2=CN(c3c(C)cc(C)cc3C)CC2)cc1.CCO[Si](OCC)(OCC)c1ccc(C[N+]2=CN(c3c(C)cc(C)cc3C)CC2)cc1.F[B-](F)(F)F.F[B-](F)(F)F. The molecular weight excluding hydrogens is 982 g/mol. The van der Waals surface area contributed by atoms with E-state index in [4.69, 9.17) is 26.6 Å². The van der Waals surface area contributed by atoms with Crippen LogP contribution in [0.4, 0.5) is 45.9 Å². The molecule has 0 radical (unpaired) electrons. The second-order valence-electron chi connectivity index (χ2n) is 17.1. The van der Waals surface area contributed by atoms with Crippen molar-refractivity contribution in [1.29, 1.82) is 0 Å². The first-order valence-electron chi connectivity index (χ1n) is 24.5. The van der Waals surface area contributed by atoms with Crippen molar-refractivity contribution in [3.63, 3.8) is 0 Å². The van der Waals surface area contributed by atoms with E-state index in [2.05, 4.69) is 146 Å². The highest BCUT2D eigenvalue weighted by molar-refractivity contribution is 6.75. The van der Waals surface area contributed by atoms with Crippen LogP contribution in [0.15, 0.2) is 72.8 Å². The van der Waals surface area contributed by atoms with Crippen molar-refractivity contribution < 1.29 is 70.2 Å². The van der Waals surface area contributed by atoms with E-state index in [0.717, 1.165) is 49.6 Å². The lowest BCUT2D eigenvalue weighted by atomic mass is 10.0. The predicted octanol–water partition coefficient (Wildman–Crippen LogP) is 10.5. The second-order valence-corrected chi connectivity index (χ2v) is 22.3. The van der Waals surface area contributed by atoms with Crippen molar-refractivity contribution in [3.8, 4) is 0 Å². The second kappa shape index (κ2) is 28.9. The minimum atomic E-state index is -6.00. The zero-order valence-electron chi connectivity index (χ0n) is 44.0. The van der Waals surface area contributed by atoms with Crippen molar-refractivity contribution in [2.45, 2.75) is 96.2 Å². The minimum absolute atomic E-state index is 0.574. The van der Waals surface area contributed by atoms with Gasteiger partial charge in [0, 0.05) is 50.0 Å². The number of halogens is 8. The molecule has 0 bridgehead atoms. The summed E-state index contributed by atoms with van der Waals surface area (Å²) in [7, 11) is -17.7. The molecule has 0 amide bonds. The third-order valence-electron chi connectivity index (χ3n) is 11.1. The first-order chi connectivity index (χ1) is 33.8. The summed E-state index contributed by atoms with van der Waals surface area (Å²) in [6.07, 6.45) is 4.52. The highest BCUT2D eigenvalue weighted by Crippen LogP contribution is 2.28. The maximum Gasteiger partial charge on any atom is 0.673 e. The van der Waals surface area contributed by atoms with Gasteiger partial charge in [-0.25, -0.2) is 9.80 Å². The van der Waals surface area contributed by atoms with Crippen molar-refractivity contribution in [3.05, 3.63) is 117 Å². The highest BCUT2D eigenvalue weighted by Gasteiger charge is 2.44. The maximum absolute atomic E-state index is 9.75. The average Bonchev–Trinajstić information content (AvgIpc) is 3.92. The van der Waals surface area contributed by atoms with Crippen LogP contribution >= 0.6 is 0 Å². The standard InChI is InChI=1S/2C25H37N2O3Si.2BF4/c2*1-7-28-31(29-8-2,30-9-3)24-12-10-23(11-13-24)18-26-14-15-27(19-26)25-21(5)16-20(4)17-22(25)6;2*2-1(3,4)5/h2*10-13,16-17,19H,7-9,14-15,18H2,1-6H3;;/q2*+1;2*-1. The van der Waals surface area contributed by atoms with Crippen LogP contribution in [-0.2, 0) is 39.6 Å². The predicted molar refractivity (Wildman–Crippen MR) is 280 cm³/mol. The molecule has 0 saturated carbocycles. The van der Waals surface area contributed by atoms with Gasteiger partial charge in [-0.3, -0.25) is 9.15 Å². The van der Waals surface area contributed by atoms with Crippen molar-refractivity contribution in [2.24, 2.45) is 0 Å². The summed E-state index contributed by atoms with van der Waals surface area (Å²) < 4.78 is 119. The molecule has 0 aliphatic carbocycles. The van der Waals surface area contributed by atoms with Crippen molar-refractivity contribution in [2.75, 3.05) is 75.6 Å². The molecule has 4 aromatic carbocycles. The lowest BCUT2D eigenvalue weighted by Gasteiger charge is -2.28. The summed E-state index contributed by atoms with van der Waals surface area (Å²) >= 11 is 0. The van der Waals surface area contributed by atoms with E-state index in [9.17, 15) is 34.5 Å². The van der Waals surface area contributed by atoms with Crippen molar-refractivity contribution in [1.82, 2.24) is 0 Å². The molecule has 0 aromatic heterocycles. The van der Waals surface area contributed by atoms with Gasteiger partial charge in [0.05, 0.1) is 0 Å². The summed E-state index contributed by atoms with van der Waals surface area (Å²) in [6, 6.07) is 26.2. The van der Waals surface area contributed by atoms with Crippen LogP contribution < -0.4 is 20.2 Å². The third kappa shape index (κ3) is 19.8. The Kier molecular flexibility index (Phi) is 24.8. The summed E-state index contributed by atoms with van der Waals surface area (Å²) in [5.41, 5.74) is 13.2. The molecule has 4 aromatic rings. The Hall–Kier alpha value is -4.42. The molecular formula is C50H74B2F8N4O6Si2. The lowest BCUT2D eigenvalue weighted by molar-refractivity contribution is -0.530. The van der Waals surface area contributed by atoms with Crippen LogP contribution in [0.5, 0.6) is 0 Å². The Morgan fingerprint density at radius 3 is 0.889 bits per heavy atom. The first-order valence-corrected chi connectivity index (χ1v) is 27.9. The molecule has 0 atom stereocenters. The molecule has 0 N–H and O–H groups in total. The van der Waals surface area contributed by atoms with E-state index in [1.165, 1.54) is 55.9 Å². The van der Waals surface area contributed by atoms with E-state index >= 15 is 0 Å². The number of aryl methyl sites for hydroxylation is 6. The normalized spacial score (nSPS) is 13.9. The van der Waals surface area contributed by atoms with Gasteiger partial charge in [0.15, 0.2) is 0 Å². The topological polar surface area (TPSA) is 67.9 Å². The number of benzene rings is 4. The van der Waals surface area contributed by atoms with Crippen LogP contribution in [0.25, 0.3) is 0 Å². The summed E-state index contributed by atoms with van der Waals surface area (Å²) in [5, 5.41) is 2.06. The fraction of sp³-hybridized carbons (Fsp3) is 0.480. The number of nitrogens with zero attached hydrogens (tertiary/aromatic N) is 4. The zero-order chi connectivity index (χ0) is 53.9. The molecule has 2 aliphatic heterocycles. The number of hydrogen-bond acceptors (Lipinski definition) is 8. The highest BCUT2D eigenvalue weighted by atomic mass is 28.4. The van der Waals surface area contributed by atoms with Gasteiger partial charge >= 0.3 is 32.1 Å². The van der Waals surface area contributed by atoms with Gasteiger partial charge in [-0.15, -0.1) is 0 Å².